The molecule has 3 heterocycles. The molecule has 0 atom stereocenters. The van der Waals surface area contributed by atoms with Gasteiger partial charge in [0.25, 0.3) is 0 Å². The average molecular weight is 413 g/mol. The minimum Gasteiger partial charge on any atom is -0.474 e. The lowest BCUT2D eigenvalue weighted by Gasteiger charge is -2.31. The van der Waals surface area contributed by atoms with Crippen molar-refractivity contribution in [3.63, 3.8) is 0 Å². The van der Waals surface area contributed by atoms with E-state index >= 15 is 0 Å². The Morgan fingerprint density at radius 1 is 1.21 bits per heavy atom. The van der Waals surface area contributed by atoms with Gasteiger partial charge in [-0.1, -0.05) is 23.5 Å². The zero-order valence-corrected chi connectivity index (χ0v) is 17.2. The molecule has 1 N–H and O–H groups in total. The topological polar surface area (TPSA) is 76.6 Å². The second-order valence-corrected chi connectivity index (χ2v) is 7.92. The van der Waals surface area contributed by atoms with Gasteiger partial charge in [-0.15, -0.1) is 0 Å². The highest BCUT2D eigenvalue weighted by molar-refractivity contribution is 7.22. The van der Waals surface area contributed by atoms with E-state index in [0.717, 1.165) is 36.6 Å². The van der Waals surface area contributed by atoms with E-state index in [9.17, 15) is 4.79 Å². The lowest BCUT2D eigenvalue weighted by Crippen LogP contribution is -2.38. The molecule has 0 saturated carbocycles. The zero-order valence-electron chi connectivity index (χ0n) is 16.3. The van der Waals surface area contributed by atoms with Gasteiger partial charge in [-0.25, -0.2) is 9.97 Å². The van der Waals surface area contributed by atoms with Gasteiger partial charge in [-0.05, 0) is 37.1 Å². The number of hydrogen-bond donors (Lipinski definition) is 1. The summed E-state index contributed by atoms with van der Waals surface area (Å²) in [6, 6.07) is 11.8. The standard InChI is InChI=1S/C21H24N4O3S/c1-27-13-14-28-20-17(6-4-10-22-20)23-19(26)15-8-11-25(12-9-15)21-24-16-5-2-3-7-18(16)29-21/h2-7,10,15H,8-9,11-14H2,1H3,(H,23,26). The predicted molar refractivity (Wildman–Crippen MR) is 115 cm³/mol. The van der Waals surface area contributed by atoms with Gasteiger partial charge < -0.3 is 19.7 Å². The van der Waals surface area contributed by atoms with Gasteiger partial charge in [-0.2, -0.15) is 0 Å². The Balaban J connectivity index is 1.34. The number of nitrogens with zero attached hydrogens (tertiary/aromatic N) is 3. The maximum atomic E-state index is 12.8. The summed E-state index contributed by atoms with van der Waals surface area (Å²) in [4.78, 5) is 24.0. The molecule has 0 spiro atoms. The third-order valence-electron chi connectivity index (χ3n) is 4.97. The monoisotopic (exact) mass is 412 g/mol. The number of hydrogen-bond acceptors (Lipinski definition) is 7. The maximum Gasteiger partial charge on any atom is 0.237 e. The molecule has 0 radical (unpaired) electrons. The number of piperidine rings is 1. The van der Waals surface area contributed by atoms with Crippen LogP contribution in [0.4, 0.5) is 10.8 Å². The summed E-state index contributed by atoms with van der Waals surface area (Å²) >= 11 is 1.71. The molecular formula is C21H24N4O3S. The summed E-state index contributed by atoms with van der Waals surface area (Å²) < 4.78 is 11.8. The molecule has 1 saturated heterocycles. The number of benzene rings is 1. The number of amides is 1. The molecule has 1 aromatic carbocycles. The molecule has 0 aliphatic carbocycles. The number of ether oxygens (including phenoxy) is 2. The second kappa shape index (κ2) is 9.19. The van der Waals surface area contributed by atoms with Crippen molar-refractivity contribution in [2.75, 3.05) is 43.6 Å². The van der Waals surface area contributed by atoms with Crippen LogP contribution in [0.15, 0.2) is 42.6 Å². The largest absolute Gasteiger partial charge is 0.474 e. The molecule has 1 aliphatic rings. The van der Waals surface area contributed by atoms with Crippen LogP contribution in [0, 0.1) is 5.92 Å². The number of methoxy groups -OCH3 is 1. The van der Waals surface area contributed by atoms with Gasteiger partial charge in [0, 0.05) is 32.3 Å². The highest BCUT2D eigenvalue weighted by Crippen LogP contribution is 2.32. The van der Waals surface area contributed by atoms with Crippen LogP contribution in [0.3, 0.4) is 0 Å². The van der Waals surface area contributed by atoms with E-state index in [2.05, 4.69) is 21.3 Å². The lowest BCUT2D eigenvalue weighted by molar-refractivity contribution is -0.120. The molecule has 152 valence electrons. The fourth-order valence-corrected chi connectivity index (χ4v) is 4.40. The Kier molecular flexibility index (Phi) is 6.21. The molecule has 1 amide bonds. The number of carbonyl (C=O) groups is 1. The van der Waals surface area contributed by atoms with Crippen LogP contribution in [0.5, 0.6) is 5.88 Å². The molecule has 8 heteroatoms. The van der Waals surface area contributed by atoms with Crippen molar-refractivity contribution < 1.29 is 14.3 Å². The number of aromatic nitrogens is 2. The summed E-state index contributed by atoms with van der Waals surface area (Å²) in [6.45, 7) is 2.50. The molecular weight excluding hydrogens is 388 g/mol. The molecule has 3 aromatic rings. The van der Waals surface area contributed by atoms with E-state index in [0.29, 0.717) is 24.8 Å². The van der Waals surface area contributed by atoms with Gasteiger partial charge in [0.15, 0.2) is 5.13 Å². The van der Waals surface area contributed by atoms with E-state index in [-0.39, 0.29) is 11.8 Å². The normalized spacial score (nSPS) is 14.9. The third kappa shape index (κ3) is 4.65. The average Bonchev–Trinajstić information content (AvgIpc) is 3.19. The quantitative estimate of drug-likeness (QED) is 0.598. The van der Waals surface area contributed by atoms with Crippen molar-refractivity contribution in [2.45, 2.75) is 12.8 Å². The fraction of sp³-hybridized carbons (Fsp3) is 0.381. The SMILES string of the molecule is COCCOc1ncccc1NC(=O)C1CCN(c2nc3ccccc3s2)CC1. The van der Waals surface area contributed by atoms with Crippen LogP contribution in [0.1, 0.15) is 12.8 Å². The summed E-state index contributed by atoms with van der Waals surface area (Å²) in [5.74, 6) is 0.399. The van der Waals surface area contributed by atoms with Crippen LogP contribution < -0.4 is 15.0 Å². The van der Waals surface area contributed by atoms with Crippen LogP contribution >= 0.6 is 11.3 Å². The molecule has 1 aliphatic heterocycles. The Morgan fingerprint density at radius 2 is 2.03 bits per heavy atom. The number of thiazole rings is 1. The van der Waals surface area contributed by atoms with Crippen molar-refractivity contribution >= 4 is 38.3 Å². The van der Waals surface area contributed by atoms with E-state index in [1.807, 2.05) is 24.3 Å². The van der Waals surface area contributed by atoms with Crippen LogP contribution in [-0.4, -0.2) is 49.3 Å². The Morgan fingerprint density at radius 3 is 2.83 bits per heavy atom. The van der Waals surface area contributed by atoms with E-state index < -0.39 is 0 Å². The molecule has 7 nitrogen and oxygen atoms in total. The molecule has 2 aromatic heterocycles. The van der Waals surface area contributed by atoms with Gasteiger partial charge in [-0.3, -0.25) is 4.79 Å². The number of carbonyl (C=O) groups excluding carboxylic acids is 1. The van der Waals surface area contributed by atoms with Gasteiger partial charge in [0.1, 0.15) is 12.3 Å². The molecule has 29 heavy (non-hydrogen) atoms. The highest BCUT2D eigenvalue weighted by Gasteiger charge is 2.27. The number of rotatable bonds is 7. The summed E-state index contributed by atoms with van der Waals surface area (Å²) in [5, 5.41) is 4.02. The molecule has 0 bridgehead atoms. The van der Waals surface area contributed by atoms with Crippen molar-refractivity contribution in [1.82, 2.24) is 9.97 Å². The fourth-order valence-electron chi connectivity index (χ4n) is 3.39. The van der Waals surface area contributed by atoms with Crippen LogP contribution in [0.2, 0.25) is 0 Å². The molecule has 1 fully saturated rings. The first-order chi connectivity index (χ1) is 14.2. The predicted octanol–water partition coefficient (Wildman–Crippen LogP) is 3.57. The number of para-hydroxylation sites is 1. The van der Waals surface area contributed by atoms with Gasteiger partial charge in [0.05, 0.1) is 16.8 Å². The lowest BCUT2D eigenvalue weighted by atomic mass is 9.96. The van der Waals surface area contributed by atoms with Crippen molar-refractivity contribution in [3.05, 3.63) is 42.6 Å². The van der Waals surface area contributed by atoms with Crippen molar-refractivity contribution in [2.24, 2.45) is 5.92 Å². The van der Waals surface area contributed by atoms with E-state index in [4.69, 9.17) is 14.5 Å². The molecule has 0 unspecified atom stereocenters. The minimum atomic E-state index is -0.0346. The smallest absolute Gasteiger partial charge is 0.237 e. The third-order valence-corrected chi connectivity index (χ3v) is 6.07. The summed E-state index contributed by atoms with van der Waals surface area (Å²) in [7, 11) is 1.62. The molecule has 4 rings (SSSR count). The summed E-state index contributed by atoms with van der Waals surface area (Å²) in [5.41, 5.74) is 1.63. The first kappa shape index (κ1) is 19.6. The van der Waals surface area contributed by atoms with Crippen molar-refractivity contribution in [1.29, 1.82) is 0 Å². The van der Waals surface area contributed by atoms with E-state index in [1.54, 1.807) is 30.7 Å². The Bertz CT molecular complexity index is 936. The summed E-state index contributed by atoms with van der Waals surface area (Å²) in [6.07, 6.45) is 3.23. The Hall–Kier alpha value is -2.71. The van der Waals surface area contributed by atoms with E-state index in [1.165, 1.54) is 4.70 Å². The minimum absolute atomic E-state index is 0.0125. The van der Waals surface area contributed by atoms with Crippen LogP contribution in [-0.2, 0) is 9.53 Å². The van der Waals surface area contributed by atoms with Crippen molar-refractivity contribution in [3.8, 4) is 5.88 Å². The maximum absolute atomic E-state index is 12.8. The number of pyridine rings is 1. The van der Waals surface area contributed by atoms with Gasteiger partial charge >= 0.3 is 0 Å². The Labute approximate surface area is 173 Å². The van der Waals surface area contributed by atoms with Gasteiger partial charge in [0.2, 0.25) is 11.8 Å². The second-order valence-electron chi connectivity index (χ2n) is 6.91. The highest BCUT2D eigenvalue weighted by atomic mass is 32.1. The first-order valence-corrected chi connectivity index (χ1v) is 10.5. The van der Waals surface area contributed by atoms with Crippen LogP contribution in [0.25, 0.3) is 10.2 Å². The number of anilines is 2. The first-order valence-electron chi connectivity index (χ1n) is 9.73. The zero-order chi connectivity index (χ0) is 20.1. The number of nitrogens with one attached hydrogen (secondary N) is 1. The number of fused-ring (bicyclic) bond motifs is 1.